The van der Waals surface area contributed by atoms with Crippen molar-refractivity contribution in [1.82, 2.24) is 9.97 Å². The van der Waals surface area contributed by atoms with Gasteiger partial charge in [-0.3, -0.25) is 4.79 Å². The zero-order valence-corrected chi connectivity index (χ0v) is 17.7. The molecule has 0 aliphatic rings. The topological polar surface area (TPSA) is 127 Å². The lowest BCUT2D eigenvalue weighted by atomic mass is 10.1. The Hall–Kier alpha value is -3.01. The number of benzene rings is 2. The van der Waals surface area contributed by atoms with Crippen molar-refractivity contribution in [2.75, 3.05) is 17.2 Å². The van der Waals surface area contributed by atoms with Crippen LogP contribution in [-0.2, 0) is 21.2 Å². The number of halogens is 1. The molecule has 4 N–H and O–H groups in total. The number of hydrogen-bond acceptors (Lipinski definition) is 6. The van der Waals surface area contributed by atoms with Crippen LogP contribution in [0.3, 0.4) is 0 Å². The molecule has 1 amide bonds. The third-order valence-corrected chi connectivity index (χ3v) is 5.50. The van der Waals surface area contributed by atoms with E-state index in [0.717, 1.165) is 0 Å². The van der Waals surface area contributed by atoms with Crippen molar-refractivity contribution < 1.29 is 13.2 Å². The van der Waals surface area contributed by atoms with Gasteiger partial charge in [-0.1, -0.05) is 35.9 Å². The Bertz CT molecular complexity index is 1170. The molecular formula is C20H20ClN5O3S. The molecule has 0 atom stereocenters. The molecule has 0 aliphatic carbocycles. The number of hydrogen-bond donors (Lipinski definition) is 3. The van der Waals surface area contributed by atoms with E-state index in [1.807, 2.05) is 6.92 Å². The van der Waals surface area contributed by atoms with Gasteiger partial charge in [0.1, 0.15) is 0 Å². The number of nitrogens with zero attached hydrogens (tertiary/aromatic N) is 2. The van der Waals surface area contributed by atoms with E-state index in [4.69, 9.17) is 16.7 Å². The molecule has 0 aliphatic heterocycles. The molecule has 3 aromatic rings. The summed E-state index contributed by atoms with van der Waals surface area (Å²) in [6.45, 7) is 2.57. The number of sulfonamides is 1. The van der Waals surface area contributed by atoms with Gasteiger partial charge in [-0.2, -0.15) is 0 Å². The van der Waals surface area contributed by atoms with Crippen LogP contribution in [-0.4, -0.2) is 30.8 Å². The number of primary sulfonamides is 1. The third kappa shape index (κ3) is 5.32. The smallest absolute Gasteiger partial charge is 0.238 e. The monoisotopic (exact) mass is 445 g/mol. The number of rotatable bonds is 7. The maximum atomic E-state index is 12.4. The van der Waals surface area contributed by atoms with Crippen LogP contribution >= 0.6 is 11.6 Å². The Morgan fingerprint density at radius 2 is 1.83 bits per heavy atom. The average Bonchev–Trinajstić information content (AvgIpc) is 2.70. The molecule has 0 saturated carbocycles. The summed E-state index contributed by atoms with van der Waals surface area (Å²) < 4.78 is 24.3. The zero-order valence-electron chi connectivity index (χ0n) is 16.1. The maximum Gasteiger partial charge on any atom is 0.238 e. The van der Waals surface area contributed by atoms with Crippen molar-refractivity contribution in [1.29, 1.82) is 0 Å². The van der Waals surface area contributed by atoms with Crippen molar-refractivity contribution in [2.45, 2.75) is 18.2 Å². The van der Waals surface area contributed by atoms with Crippen LogP contribution in [0.5, 0.6) is 0 Å². The molecule has 30 heavy (non-hydrogen) atoms. The molecule has 0 spiro atoms. The van der Waals surface area contributed by atoms with E-state index in [-0.39, 0.29) is 17.2 Å². The van der Waals surface area contributed by atoms with Crippen LogP contribution in [0, 0.1) is 0 Å². The molecule has 0 fully saturated rings. The molecule has 3 rings (SSSR count). The fraction of sp³-hybridized carbons (Fsp3) is 0.150. The van der Waals surface area contributed by atoms with Crippen LogP contribution in [0.25, 0.3) is 11.1 Å². The highest BCUT2D eigenvalue weighted by atomic mass is 35.5. The first-order valence-electron chi connectivity index (χ1n) is 9.04. The number of anilines is 2. The van der Waals surface area contributed by atoms with E-state index in [1.165, 1.54) is 18.5 Å². The largest absolute Gasteiger partial charge is 0.355 e. The molecule has 0 radical (unpaired) electrons. The molecule has 1 aromatic heterocycles. The normalized spacial score (nSPS) is 11.2. The maximum absolute atomic E-state index is 12.4. The highest BCUT2D eigenvalue weighted by Gasteiger charge is 2.18. The lowest BCUT2D eigenvalue weighted by Crippen LogP contribution is -2.17. The van der Waals surface area contributed by atoms with Crippen molar-refractivity contribution in [3.05, 3.63) is 65.4 Å². The Kier molecular flexibility index (Phi) is 6.66. The first kappa shape index (κ1) is 21.7. The van der Waals surface area contributed by atoms with Gasteiger partial charge in [0.05, 0.1) is 11.3 Å². The second-order valence-corrected chi connectivity index (χ2v) is 8.34. The van der Waals surface area contributed by atoms with Gasteiger partial charge in [0.15, 0.2) is 0 Å². The molecule has 2 aromatic carbocycles. The predicted octanol–water partition coefficient (Wildman–Crippen LogP) is 3.06. The molecule has 10 heteroatoms. The van der Waals surface area contributed by atoms with Crippen LogP contribution in [0.1, 0.15) is 12.5 Å². The summed E-state index contributed by atoms with van der Waals surface area (Å²) in [5.74, 6) is 0.0939. The van der Waals surface area contributed by atoms with Crippen LogP contribution < -0.4 is 15.8 Å². The fourth-order valence-electron chi connectivity index (χ4n) is 2.81. The second kappa shape index (κ2) is 9.21. The summed E-state index contributed by atoms with van der Waals surface area (Å²) in [6.07, 6.45) is 3.06. The summed E-state index contributed by atoms with van der Waals surface area (Å²) in [7, 11) is -4.07. The summed E-state index contributed by atoms with van der Waals surface area (Å²) in [5.41, 5.74) is 1.78. The van der Waals surface area contributed by atoms with Crippen LogP contribution in [0.2, 0.25) is 5.02 Å². The van der Waals surface area contributed by atoms with Gasteiger partial charge in [0.2, 0.25) is 21.9 Å². The first-order chi connectivity index (χ1) is 14.3. The van der Waals surface area contributed by atoms with Gasteiger partial charge >= 0.3 is 0 Å². The van der Waals surface area contributed by atoms with E-state index in [9.17, 15) is 13.2 Å². The molecule has 1 heterocycles. The highest BCUT2D eigenvalue weighted by molar-refractivity contribution is 7.89. The summed E-state index contributed by atoms with van der Waals surface area (Å²) in [5, 5.41) is 11.5. The Morgan fingerprint density at radius 1 is 1.13 bits per heavy atom. The molecular weight excluding hydrogens is 426 g/mol. The van der Waals surface area contributed by atoms with Crippen molar-refractivity contribution in [3.63, 3.8) is 0 Å². The minimum absolute atomic E-state index is 0.0475. The lowest BCUT2D eigenvalue weighted by Gasteiger charge is -2.12. The predicted molar refractivity (Wildman–Crippen MR) is 117 cm³/mol. The van der Waals surface area contributed by atoms with E-state index in [0.29, 0.717) is 39.9 Å². The highest BCUT2D eigenvalue weighted by Crippen LogP contribution is 2.29. The minimum Gasteiger partial charge on any atom is -0.355 e. The van der Waals surface area contributed by atoms with Gasteiger partial charge in [-0.15, -0.1) is 0 Å². The third-order valence-electron chi connectivity index (χ3n) is 4.18. The Labute approximate surface area is 179 Å². The molecule has 0 unspecified atom stereocenters. The van der Waals surface area contributed by atoms with E-state index in [1.54, 1.807) is 36.4 Å². The van der Waals surface area contributed by atoms with Crippen molar-refractivity contribution >= 4 is 39.2 Å². The van der Waals surface area contributed by atoms with Crippen LogP contribution in [0.4, 0.5) is 11.6 Å². The Balaban J connectivity index is 1.87. The SMILES string of the molecule is CCNc1ncc(-c2ccc(NC(=O)Cc3ccccc3Cl)cc2S(N)(=O)=O)cn1. The quantitative estimate of drug-likeness (QED) is 0.512. The Morgan fingerprint density at radius 3 is 2.47 bits per heavy atom. The summed E-state index contributed by atoms with van der Waals surface area (Å²) in [4.78, 5) is 20.5. The number of nitrogens with two attached hydrogens (primary N) is 1. The van der Waals surface area contributed by atoms with Gasteiger partial charge in [0.25, 0.3) is 0 Å². The van der Waals surface area contributed by atoms with Crippen molar-refractivity contribution in [2.24, 2.45) is 5.14 Å². The average molecular weight is 446 g/mol. The van der Waals surface area contributed by atoms with Gasteiger partial charge < -0.3 is 10.6 Å². The minimum atomic E-state index is -4.07. The van der Waals surface area contributed by atoms with Gasteiger partial charge in [-0.05, 0) is 30.7 Å². The number of aromatic nitrogens is 2. The van der Waals surface area contributed by atoms with E-state index >= 15 is 0 Å². The van der Waals surface area contributed by atoms with E-state index < -0.39 is 10.0 Å². The standard InChI is InChI=1S/C20H20ClN5O3S/c1-2-23-20-24-11-14(12-25-20)16-8-7-15(10-18(16)30(22,28)29)26-19(27)9-13-5-3-4-6-17(13)21/h3-8,10-12H,2,9H2,1H3,(H,26,27)(H2,22,28,29)(H,23,24,25). The van der Waals surface area contributed by atoms with Gasteiger partial charge in [0, 0.05) is 40.8 Å². The molecule has 156 valence electrons. The lowest BCUT2D eigenvalue weighted by molar-refractivity contribution is -0.115. The number of amides is 1. The molecule has 0 saturated heterocycles. The van der Waals surface area contributed by atoms with Crippen molar-refractivity contribution in [3.8, 4) is 11.1 Å². The summed E-state index contributed by atoms with van der Waals surface area (Å²) in [6, 6.07) is 11.5. The fourth-order valence-corrected chi connectivity index (χ4v) is 3.80. The molecule has 0 bridgehead atoms. The van der Waals surface area contributed by atoms with E-state index in [2.05, 4.69) is 20.6 Å². The number of carbonyl (C=O) groups is 1. The van der Waals surface area contributed by atoms with Crippen LogP contribution in [0.15, 0.2) is 59.8 Å². The second-order valence-electron chi connectivity index (χ2n) is 6.40. The number of carbonyl (C=O) groups excluding carboxylic acids is 1. The number of nitrogens with one attached hydrogen (secondary N) is 2. The summed E-state index contributed by atoms with van der Waals surface area (Å²) >= 11 is 6.08. The molecule has 8 nitrogen and oxygen atoms in total. The first-order valence-corrected chi connectivity index (χ1v) is 11.0. The van der Waals surface area contributed by atoms with Gasteiger partial charge in [-0.25, -0.2) is 23.5 Å². The zero-order chi connectivity index (χ0) is 21.7.